The molecule has 586 valence electrons. The summed E-state index contributed by atoms with van der Waals surface area (Å²) in [5, 5.41) is 13.7. The van der Waals surface area contributed by atoms with Crippen molar-refractivity contribution in [3.63, 3.8) is 0 Å². The maximum atomic E-state index is 13.7. The molecule has 1 N–H and O–H groups in total. The lowest BCUT2D eigenvalue weighted by atomic mass is 9.44. The Morgan fingerprint density at radius 1 is 0.427 bits per heavy atom. The summed E-state index contributed by atoms with van der Waals surface area (Å²) in [5.74, 6) is 3.48. The molecule has 6 aliphatic heterocycles. The van der Waals surface area contributed by atoms with E-state index < -0.39 is 98.1 Å². The van der Waals surface area contributed by atoms with Gasteiger partial charge in [0.2, 0.25) is 0 Å². The fourth-order valence-corrected chi connectivity index (χ4v) is 21.2. The molecular formula is C93H112O17. The van der Waals surface area contributed by atoms with Gasteiger partial charge >= 0.3 is 0 Å². The second-order valence-corrected chi connectivity index (χ2v) is 33.7. The van der Waals surface area contributed by atoms with E-state index in [1.165, 1.54) is 25.7 Å². The van der Waals surface area contributed by atoms with Crippen molar-refractivity contribution < 1.29 is 80.9 Å². The molecule has 6 heterocycles. The first-order valence-electron chi connectivity index (χ1n) is 41.0. The molecule has 7 aromatic rings. The third-order valence-electron chi connectivity index (χ3n) is 27.0. The first-order valence-corrected chi connectivity index (χ1v) is 41.0. The minimum Gasteiger partial charge on any atom is -0.385 e. The van der Waals surface area contributed by atoms with Crippen LogP contribution in [0.25, 0.3) is 0 Å². The van der Waals surface area contributed by atoms with Gasteiger partial charge in [0, 0.05) is 17.9 Å². The average molecular weight is 1500 g/mol. The first kappa shape index (κ1) is 76.5. The highest BCUT2D eigenvalue weighted by Crippen LogP contribution is 2.71. The van der Waals surface area contributed by atoms with Crippen molar-refractivity contribution in [2.24, 2.45) is 52.3 Å². The standard InChI is InChI=1S/C93H112O17/c1-60-42-47-93(103-50-60)61(2)78-74(110-93)49-73-71-41-40-69-48-70(43-45-91(69,3)72(71)44-46-92(73,78)4)104-90-86(100-56-67-36-22-10-23-37-67)84(98-54-65-32-18-8-19-33-65)82(76(106-90)57-95-51-62-26-12-5-13-27-62)108-88-79(94)83(81-77(105-88)59-101-87(107-81)68-38-24-11-25-39-68)109-89-85(99-55-66-34-20-9-21-35-66)80(97-53-64-30-16-7-17-31-64)75(58-102-89)96-52-63-28-14-6-15-29-63/h5-39,60-61,69-90,94H,40-59H2,1-4H3/t60-,61+,69+,70+,71-,72+,73+,74+,75-,76-,77-,78+,79-,80+,81-,82+,83-,84+,85-,86-,87?,88+,89+,90-,91+,92+,93-/m1/s1. The molecule has 6 saturated heterocycles. The number of aliphatic hydroxyl groups is 1. The Labute approximate surface area is 649 Å². The Hall–Kier alpha value is -6.14. The Balaban J connectivity index is 0.682. The molecule has 1 unspecified atom stereocenters. The summed E-state index contributed by atoms with van der Waals surface area (Å²) in [4.78, 5) is 0. The van der Waals surface area contributed by atoms with Crippen LogP contribution in [0.2, 0.25) is 0 Å². The van der Waals surface area contributed by atoms with E-state index in [2.05, 4.69) is 64.1 Å². The zero-order chi connectivity index (χ0) is 74.6. The fourth-order valence-electron chi connectivity index (χ4n) is 21.2. The van der Waals surface area contributed by atoms with E-state index >= 15 is 0 Å². The number of aliphatic hydroxyl groups excluding tert-OH is 1. The molecule has 27 atom stereocenters. The van der Waals surface area contributed by atoms with Gasteiger partial charge in [-0.25, -0.2) is 0 Å². The summed E-state index contributed by atoms with van der Waals surface area (Å²) in [6, 6.07) is 70.3. The van der Waals surface area contributed by atoms with Crippen molar-refractivity contribution >= 4 is 0 Å². The minimum atomic E-state index is -1.56. The first-order chi connectivity index (χ1) is 53.9. The van der Waals surface area contributed by atoms with E-state index in [4.69, 9.17) is 75.8 Å². The highest BCUT2D eigenvalue weighted by Gasteiger charge is 2.70. The molecular weight excluding hydrogens is 1390 g/mol. The maximum Gasteiger partial charge on any atom is 0.187 e. The molecule has 7 aromatic carbocycles. The zero-order valence-corrected chi connectivity index (χ0v) is 64.2. The lowest BCUT2D eigenvalue weighted by Gasteiger charge is -2.61. The lowest BCUT2D eigenvalue weighted by molar-refractivity contribution is -0.408. The number of fused-ring (bicyclic) bond motifs is 8. The van der Waals surface area contributed by atoms with Crippen LogP contribution in [0.5, 0.6) is 0 Å². The van der Waals surface area contributed by atoms with Gasteiger partial charge in [0.1, 0.15) is 67.1 Å². The number of benzene rings is 7. The van der Waals surface area contributed by atoms with Gasteiger partial charge in [0.25, 0.3) is 0 Å². The van der Waals surface area contributed by atoms with E-state index in [1.54, 1.807) is 0 Å². The van der Waals surface area contributed by atoms with Crippen molar-refractivity contribution in [3.05, 3.63) is 251 Å². The number of hydrogen-bond donors (Lipinski definition) is 1. The largest absolute Gasteiger partial charge is 0.385 e. The zero-order valence-electron chi connectivity index (χ0n) is 64.2. The van der Waals surface area contributed by atoms with Gasteiger partial charge in [0.05, 0.1) is 78.3 Å². The molecule has 0 radical (unpaired) electrons. The summed E-state index contributed by atoms with van der Waals surface area (Å²) < 4.78 is 114. The summed E-state index contributed by atoms with van der Waals surface area (Å²) in [7, 11) is 0. The number of hydrogen-bond acceptors (Lipinski definition) is 17. The molecule has 1 spiro atoms. The van der Waals surface area contributed by atoms with Gasteiger partial charge in [-0.15, -0.1) is 0 Å². The van der Waals surface area contributed by atoms with Crippen LogP contribution in [-0.2, 0) is 115 Å². The van der Waals surface area contributed by atoms with Gasteiger partial charge < -0.3 is 80.9 Å². The van der Waals surface area contributed by atoms with Crippen LogP contribution in [0.3, 0.4) is 0 Å². The number of ether oxygens (including phenoxy) is 16. The molecule has 4 aliphatic carbocycles. The van der Waals surface area contributed by atoms with Gasteiger partial charge in [-0.3, -0.25) is 0 Å². The quantitative estimate of drug-likeness (QED) is 0.0508. The normalized spacial score (nSPS) is 38.7. The monoisotopic (exact) mass is 1500 g/mol. The van der Waals surface area contributed by atoms with Crippen molar-refractivity contribution in [1.29, 1.82) is 0 Å². The van der Waals surface area contributed by atoms with E-state index in [1.807, 2.05) is 176 Å². The highest BCUT2D eigenvalue weighted by atomic mass is 16.8. The second kappa shape index (κ2) is 34.5. The second-order valence-electron chi connectivity index (χ2n) is 33.7. The molecule has 0 bridgehead atoms. The molecule has 0 aromatic heterocycles. The van der Waals surface area contributed by atoms with Crippen molar-refractivity contribution in [2.45, 2.75) is 242 Å². The molecule has 4 saturated carbocycles. The predicted molar refractivity (Wildman–Crippen MR) is 411 cm³/mol. The highest BCUT2D eigenvalue weighted by molar-refractivity contribution is 5.22. The SMILES string of the molecule is C[C@@H]1CC[C@@]2(OC1)O[C@H]1C[C@H]3[C@@H]4CC[C@H]5C[C@@H](O[C@@H]6O[C@H](COCc7ccccc7)[C@H](O[C@@H]7O[C@@H]8COC(c9ccccc9)O[C@H]8[C@H](O[C@@H]8OC[C@@H](OCc9ccccc9)[C@H](OCc9ccccc9)[C@H]8OCc8ccccc8)[C@H]7O)[C@H](OCc7ccccc7)[C@H]6OCc6ccccc6)CC[C@]5(C)[C@H]4CC[C@]3(C)[C@H]1[C@@H]2C. The third kappa shape index (κ3) is 16.5. The maximum absolute atomic E-state index is 13.7. The smallest absolute Gasteiger partial charge is 0.187 e. The Bertz CT molecular complexity index is 3980. The summed E-state index contributed by atoms with van der Waals surface area (Å²) in [5.41, 5.74) is 7.00. The Morgan fingerprint density at radius 2 is 0.964 bits per heavy atom. The fraction of sp³-hybridized carbons (Fsp3) is 0.548. The van der Waals surface area contributed by atoms with Crippen LogP contribution in [-0.4, -0.2) is 136 Å². The van der Waals surface area contributed by atoms with Gasteiger partial charge in [-0.2, -0.15) is 0 Å². The molecule has 17 heteroatoms. The topological polar surface area (TPSA) is 168 Å². The predicted octanol–water partition coefficient (Wildman–Crippen LogP) is 16.0. The molecule has 17 nitrogen and oxygen atoms in total. The van der Waals surface area contributed by atoms with Crippen LogP contribution in [0, 0.1) is 52.3 Å². The molecule has 0 amide bonds. The van der Waals surface area contributed by atoms with Crippen LogP contribution in [0.1, 0.15) is 137 Å². The Morgan fingerprint density at radius 3 is 1.55 bits per heavy atom. The van der Waals surface area contributed by atoms with Crippen molar-refractivity contribution in [3.8, 4) is 0 Å². The van der Waals surface area contributed by atoms with Crippen molar-refractivity contribution in [2.75, 3.05) is 26.4 Å². The van der Waals surface area contributed by atoms with Crippen LogP contribution >= 0.6 is 0 Å². The average Bonchev–Trinajstić information content (AvgIpc) is 1.54. The molecule has 10 fully saturated rings. The van der Waals surface area contributed by atoms with E-state index in [9.17, 15) is 5.11 Å². The summed E-state index contributed by atoms with van der Waals surface area (Å²) >= 11 is 0. The van der Waals surface area contributed by atoms with Crippen LogP contribution < -0.4 is 0 Å². The molecule has 110 heavy (non-hydrogen) atoms. The van der Waals surface area contributed by atoms with E-state index in [0.29, 0.717) is 48.0 Å². The minimum absolute atomic E-state index is 0.0529. The van der Waals surface area contributed by atoms with Crippen LogP contribution in [0.4, 0.5) is 0 Å². The summed E-state index contributed by atoms with van der Waals surface area (Å²) in [6.45, 7) is 12.5. The van der Waals surface area contributed by atoms with E-state index in [-0.39, 0.29) is 75.9 Å². The van der Waals surface area contributed by atoms with Crippen LogP contribution in [0.15, 0.2) is 212 Å². The van der Waals surface area contributed by atoms with Gasteiger partial charge in [-0.1, -0.05) is 240 Å². The van der Waals surface area contributed by atoms with Crippen molar-refractivity contribution in [1.82, 2.24) is 0 Å². The third-order valence-corrected chi connectivity index (χ3v) is 27.0. The van der Waals surface area contributed by atoms with Gasteiger partial charge in [-0.05, 0) is 138 Å². The Kier molecular flexibility index (Phi) is 24.0. The molecule has 10 aliphatic rings. The summed E-state index contributed by atoms with van der Waals surface area (Å²) in [6.07, 6.45) is -3.66. The lowest BCUT2D eigenvalue weighted by Crippen LogP contribution is -2.68. The number of rotatable bonds is 26. The molecule has 17 rings (SSSR count). The van der Waals surface area contributed by atoms with E-state index in [0.717, 1.165) is 84.1 Å². The van der Waals surface area contributed by atoms with Gasteiger partial charge in [0.15, 0.2) is 30.9 Å².